The lowest BCUT2D eigenvalue weighted by molar-refractivity contribution is 0.192. The summed E-state index contributed by atoms with van der Waals surface area (Å²) in [4.78, 5) is 9.65. The molecule has 0 aromatic heterocycles. The maximum absolute atomic E-state index is 6.11. The number of ether oxygens (including phenoxy) is 2. The molecule has 124 valence electrons. The molecule has 4 nitrogen and oxygen atoms in total. The van der Waals surface area contributed by atoms with Crippen molar-refractivity contribution >= 4 is 11.8 Å². The van der Waals surface area contributed by atoms with Crippen LogP contribution in [0.3, 0.4) is 0 Å². The van der Waals surface area contributed by atoms with Crippen LogP contribution in [-0.2, 0) is 22.3 Å². The maximum atomic E-state index is 6.11. The quantitative estimate of drug-likeness (QED) is 0.845. The van der Waals surface area contributed by atoms with Crippen LogP contribution < -0.4 is 0 Å². The molecule has 6 rings (SSSR count). The van der Waals surface area contributed by atoms with Crippen molar-refractivity contribution in [1.82, 2.24) is 0 Å². The summed E-state index contributed by atoms with van der Waals surface area (Å²) >= 11 is 0. The van der Waals surface area contributed by atoms with E-state index in [1.807, 2.05) is 0 Å². The minimum Gasteiger partial charge on any atom is -0.474 e. The third-order valence-electron chi connectivity index (χ3n) is 5.74. The van der Waals surface area contributed by atoms with E-state index in [9.17, 15) is 0 Å². The fourth-order valence-electron chi connectivity index (χ4n) is 4.62. The van der Waals surface area contributed by atoms with Crippen molar-refractivity contribution in [2.45, 2.75) is 43.6 Å². The van der Waals surface area contributed by atoms with E-state index in [1.165, 1.54) is 22.3 Å². The standard InChI is InChI=1S/C21H18N2O2/c1-3-7-14-12(5-1)9-16-20(14)22-18(24-16)11-19-23-21-15-8-4-2-6-13(15)10-17(21)25-19/h1-8,16-17,20-21H,9-11H2/t16-,17-,20+,21+/m1/s1. The van der Waals surface area contributed by atoms with E-state index >= 15 is 0 Å². The number of hydrogen-bond donors (Lipinski definition) is 0. The number of aliphatic imine (C=N–C) groups is 2. The van der Waals surface area contributed by atoms with Gasteiger partial charge in [0.2, 0.25) is 0 Å². The molecule has 4 aliphatic rings. The Morgan fingerprint density at radius 3 is 1.72 bits per heavy atom. The normalized spacial score (nSPS) is 30.6. The van der Waals surface area contributed by atoms with E-state index in [-0.39, 0.29) is 24.3 Å². The second kappa shape index (κ2) is 4.94. The molecule has 0 radical (unpaired) electrons. The third kappa shape index (κ3) is 2.00. The number of fused-ring (bicyclic) bond motifs is 6. The molecule has 0 amide bonds. The van der Waals surface area contributed by atoms with E-state index in [0.29, 0.717) is 6.42 Å². The Balaban J connectivity index is 1.23. The van der Waals surface area contributed by atoms with Gasteiger partial charge >= 0.3 is 0 Å². The highest BCUT2D eigenvalue weighted by Crippen LogP contribution is 2.42. The van der Waals surface area contributed by atoms with Crippen LogP contribution >= 0.6 is 0 Å². The lowest BCUT2D eigenvalue weighted by Crippen LogP contribution is -2.17. The van der Waals surface area contributed by atoms with Crippen LogP contribution in [0.2, 0.25) is 0 Å². The molecule has 2 aliphatic heterocycles. The fraction of sp³-hybridized carbons (Fsp3) is 0.333. The molecule has 4 heteroatoms. The van der Waals surface area contributed by atoms with Gasteiger partial charge in [-0.05, 0) is 22.3 Å². The third-order valence-corrected chi connectivity index (χ3v) is 5.74. The van der Waals surface area contributed by atoms with Crippen LogP contribution in [0.5, 0.6) is 0 Å². The molecule has 0 bridgehead atoms. The SMILES string of the molecule is c1ccc2c(c1)C[C@H]1OC(CC3=N[C@H]4c5ccccc5C[C@H]4O3)=N[C@@H]21. The minimum absolute atomic E-state index is 0.147. The van der Waals surface area contributed by atoms with Crippen molar-refractivity contribution < 1.29 is 9.47 Å². The first kappa shape index (κ1) is 13.6. The largest absolute Gasteiger partial charge is 0.474 e. The van der Waals surface area contributed by atoms with Crippen molar-refractivity contribution in [3.63, 3.8) is 0 Å². The first-order valence-corrected chi connectivity index (χ1v) is 8.97. The van der Waals surface area contributed by atoms with Crippen molar-refractivity contribution in [2.75, 3.05) is 0 Å². The summed E-state index contributed by atoms with van der Waals surface area (Å²) in [7, 11) is 0. The van der Waals surface area contributed by atoms with Gasteiger partial charge in [-0.15, -0.1) is 0 Å². The summed E-state index contributed by atoms with van der Waals surface area (Å²) in [5, 5.41) is 0. The van der Waals surface area contributed by atoms with Gasteiger partial charge in [-0.3, -0.25) is 0 Å². The summed E-state index contributed by atoms with van der Waals surface area (Å²) in [5.74, 6) is 1.55. The molecular weight excluding hydrogens is 312 g/mol. The van der Waals surface area contributed by atoms with E-state index in [0.717, 1.165) is 24.6 Å². The van der Waals surface area contributed by atoms with Gasteiger partial charge in [0.05, 0.1) is 6.42 Å². The Morgan fingerprint density at radius 2 is 1.20 bits per heavy atom. The van der Waals surface area contributed by atoms with Crippen LogP contribution in [0, 0.1) is 0 Å². The van der Waals surface area contributed by atoms with E-state index in [2.05, 4.69) is 48.5 Å². The summed E-state index contributed by atoms with van der Waals surface area (Å²) in [6.45, 7) is 0. The molecule has 0 unspecified atom stereocenters. The average Bonchev–Trinajstić information content (AvgIpc) is 3.33. The van der Waals surface area contributed by atoms with E-state index in [1.54, 1.807) is 0 Å². The van der Waals surface area contributed by atoms with E-state index < -0.39 is 0 Å². The summed E-state index contributed by atoms with van der Waals surface area (Å²) < 4.78 is 12.2. The number of benzene rings is 2. The lowest BCUT2D eigenvalue weighted by atomic mass is 10.1. The summed E-state index contributed by atoms with van der Waals surface area (Å²) in [6.07, 6.45) is 2.76. The second-order valence-corrected chi connectivity index (χ2v) is 7.23. The Kier molecular flexibility index (Phi) is 2.70. The van der Waals surface area contributed by atoms with Crippen molar-refractivity contribution in [2.24, 2.45) is 9.98 Å². The Hall–Kier alpha value is -2.62. The molecule has 2 aliphatic carbocycles. The molecule has 2 aromatic rings. The number of hydrogen-bond acceptors (Lipinski definition) is 4. The van der Waals surface area contributed by atoms with Crippen molar-refractivity contribution in [3.8, 4) is 0 Å². The lowest BCUT2D eigenvalue weighted by Gasteiger charge is -2.10. The number of rotatable bonds is 2. The molecular formula is C21H18N2O2. The van der Waals surface area contributed by atoms with Gasteiger partial charge in [-0.1, -0.05) is 48.5 Å². The Bertz CT molecular complexity index is 857. The summed E-state index contributed by atoms with van der Waals surface area (Å²) in [5.41, 5.74) is 5.34. The zero-order valence-corrected chi connectivity index (χ0v) is 13.8. The van der Waals surface area contributed by atoms with Gasteiger partial charge in [-0.2, -0.15) is 0 Å². The Morgan fingerprint density at radius 1 is 0.720 bits per heavy atom. The molecule has 0 spiro atoms. The van der Waals surface area contributed by atoms with Crippen molar-refractivity contribution in [3.05, 3.63) is 70.8 Å². The first-order valence-electron chi connectivity index (χ1n) is 8.97. The smallest absolute Gasteiger partial charge is 0.193 e. The first-order chi connectivity index (χ1) is 12.3. The van der Waals surface area contributed by atoms with Crippen LogP contribution in [0.25, 0.3) is 0 Å². The zero-order valence-electron chi connectivity index (χ0n) is 13.8. The molecule has 0 N–H and O–H groups in total. The van der Waals surface area contributed by atoms with Gasteiger partial charge in [-0.25, -0.2) is 9.98 Å². The zero-order chi connectivity index (χ0) is 16.4. The van der Waals surface area contributed by atoms with E-state index in [4.69, 9.17) is 19.5 Å². The summed E-state index contributed by atoms with van der Waals surface area (Å²) in [6, 6.07) is 17.3. The Labute approximate surface area is 146 Å². The molecule has 2 heterocycles. The molecule has 0 saturated heterocycles. The van der Waals surface area contributed by atoms with Gasteiger partial charge in [0.1, 0.15) is 24.3 Å². The molecule has 4 atom stereocenters. The molecule has 0 saturated carbocycles. The van der Waals surface area contributed by atoms with Gasteiger partial charge < -0.3 is 9.47 Å². The van der Waals surface area contributed by atoms with Gasteiger partial charge in [0, 0.05) is 12.8 Å². The molecule has 2 aromatic carbocycles. The monoisotopic (exact) mass is 330 g/mol. The predicted molar refractivity (Wildman–Crippen MR) is 95.0 cm³/mol. The van der Waals surface area contributed by atoms with Gasteiger partial charge in [0.15, 0.2) is 11.8 Å². The van der Waals surface area contributed by atoms with Crippen LogP contribution in [0.4, 0.5) is 0 Å². The molecule has 0 fully saturated rings. The van der Waals surface area contributed by atoms with Crippen molar-refractivity contribution in [1.29, 1.82) is 0 Å². The second-order valence-electron chi connectivity index (χ2n) is 7.23. The number of nitrogens with zero attached hydrogens (tertiary/aromatic N) is 2. The van der Waals surface area contributed by atoms with Gasteiger partial charge in [0.25, 0.3) is 0 Å². The topological polar surface area (TPSA) is 43.2 Å². The highest BCUT2D eigenvalue weighted by Gasteiger charge is 2.42. The highest BCUT2D eigenvalue weighted by atomic mass is 16.5. The minimum atomic E-state index is 0.147. The van der Waals surface area contributed by atoms with Crippen LogP contribution in [0.15, 0.2) is 58.5 Å². The predicted octanol–water partition coefficient (Wildman–Crippen LogP) is 3.57. The highest BCUT2D eigenvalue weighted by molar-refractivity contribution is 5.98. The van der Waals surface area contributed by atoms with Crippen LogP contribution in [0.1, 0.15) is 40.8 Å². The van der Waals surface area contributed by atoms with Crippen LogP contribution in [-0.4, -0.2) is 24.0 Å². The molecule has 25 heavy (non-hydrogen) atoms. The average molecular weight is 330 g/mol. The fourth-order valence-corrected chi connectivity index (χ4v) is 4.62. The maximum Gasteiger partial charge on any atom is 0.193 e.